The van der Waals surface area contributed by atoms with Gasteiger partial charge in [-0.2, -0.15) is 0 Å². The third-order valence-electron chi connectivity index (χ3n) is 2.74. The van der Waals surface area contributed by atoms with E-state index in [-0.39, 0.29) is 0 Å². The molecule has 1 aromatic heterocycles. The van der Waals surface area contributed by atoms with Crippen molar-refractivity contribution >= 4 is 32.8 Å². The molecular weight excluding hydrogens is 296 g/mol. The van der Waals surface area contributed by atoms with Gasteiger partial charge in [-0.1, -0.05) is 28.1 Å². The van der Waals surface area contributed by atoms with E-state index in [2.05, 4.69) is 25.7 Å². The van der Waals surface area contributed by atoms with Crippen molar-refractivity contribution in [1.82, 2.24) is 4.98 Å². The van der Waals surface area contributed by atoms with E-state index in [0.29, 0.717) is 6.42 Å². The molecular formula is C13H13BrN2O2. The van der Waals surface area contributed by atoms with Crippen LogP contribution in [-0.2, 0) is 16.0 Å². The van der Waals surface area contributed by atoms with Crippen LogP contribution < -0.4 is 5.73 Å². The average Bonchev–Trinajstić information content (AvgIpc) is 2.41. The predicted molar refractivity (Wildman–Crippen MR) is 73.1 cm³/mol. The zero-order chi connectivity index (χ0) is 13.1. The summed E-state index contributed by atoms with van der Waals surface area (Å²) in [5.41, 5.74) is 7.56. The second-order valence-corrected chi connectivity index (χ2v) is 4.79. The van der Waals surface area contributed by atoms with Gasteiger partial charge >= 0.3 is 5.97 Å². The van der Waals surface area contributed by atoms with Gasteiger partial charge < -0.3 is 10.5 Å². The highest BCUT2D eigenvalue weighted by Gasteiger charge is 2.16. The molecule has 2 N–H and O–H groups in total. The minimum Gasteiger partial charge on any atom is -0.468 e. The molecule has 1 atom stereocenters. The number of benzene rings is 1. The second-order valence-electron chi connectivity index (χ2n) is 3.94. The standard InChI is InChI=1S/C13H13BrN2O2/c1-18-13(17)11(15)7-8-4-5-10(14)9-3-2-6-16-12(8)9/h2-6,11H,7,15H2,1H3/t11-/m0/s1. The van der Waals surface area contributed by atoms with E-state index < -0.39 is 12.0 Å². The first-order valence-corrected chi connectivity index (χ1v) is 6.28. The van der Waals surface area contributed by atoms with E-state index in [1.54, 1.807) is 6.20 Å². The summed E-state index contributed by atoms with van der Waals surface area (Å²) in [5.74, 6) is -0.415. The number of carbonyl (C=O) groups excluding carboxylic acids is 1. The van der Waals surface area contributed by atoms with Crippen molar-refractivity contribution in [2.24, 2.45) is 5.73 Å². The quantitative estimate of drug-likeness (QED) is 0.881. The van der Waals surface area contributed by atoms with Gasteiger partial charge in [0.1, 0.15) is 6.04 Å². The van der Waals surface area contributed by atoms with Gasteiger partial charge in [-0.05, 0) is 17.7 Å². The number of halogens is 1. The lowest BCUT2D eigenvalue weighted by Crippen LogP contribution is -2.33. The molecule has 0 fully saturated rings. The van der Waals surface area contributed by atoms with Crippen LogP contribution >= 0.6 is 15.9 Å². The molecule has 1 heterocycles. The summed E-state index contributed by atoms with van der Waals surface area (Å²) in [6, 6.07) is 7.03. The second kappa shape index (κ2) is 5.46. The minimum atomic E-state index is -0.665. The van der Waals surface area contributed by atoms with Gasteiger partial charge in [-0.3, -0.25) is 9.78 Å². The Balaban J connectivity index is 2.40. The Hall–Kier alpha value is -1.46. The maximum atomic E-state index is 11.3. The van der Waals surface area contributed by atoms with Crippen LogP contribution in [0.2, 0.25) is 0 Å². The Morgan fingerprint density at radius 2 is 2.28 bits per heavy atom. The molecule has 0 bridgehead atoms. The number of esters is 1. The summed E-state index contributed by atoms with van der Waals surface area (Å²) in [5, 5.41) is 1.01. The smallest absolute Gasteiger partial charge is 0.322 e. The number of fused-ring (bicyclic) bond motifs is 1. The Bertz CT molecular complexity index is 586. The molecule has 0 spiro atoms. The van der Waals surface area contributed by atoms with Crippen LogP contribution in [0.4, 0.5) is 0 Å². The highest BCUT2D eigenvalue weighted by atomic mass is 79.9. The molecule has 0 aliphatic heterocycles. The molecule has 0 saturated carbocycles. The van der Waals surface area contributed by atoms with Crippen molar-refractivity contribution in [3.05, 3.63) is 40.5 Å². The first-order valence-electron chi connectivity index (χ1n) is 5.49. The Morgan fingerprint density at radius 3 is 3.00 bits per heavy atom. The van der Waals surface area contributed by atoms with Crippen LogP contribution in [0.25, 0.3) is 10.9 Å². The van der Waals surface area contributed by atoms with Crippen molar-refractivity contribution in [3.63, 3.8) is 0 Å². The summed E-state index contributed by atoms with van der Waals surface area (Å²) in [6.07, 6.45) is 2.13. The molecule has 1 aromatic carbocycles. The molecule has 18 heavy (non-hydrogen) atoms. The highest BCUT2D eigenvalue weighted by Crippen LogP contribution is 2.25. The highest BCUT2D eigenvalue weighted by molar-refractivity contribution is 9.10. The number of ether oxygens (including phenoxy) is 1. The van der Waals surface area contributed by atoms with Crippen LogP contribution in [0, 0.1) is 0 Å². The first-order chi connectivity index (χ1) is 8.63. The maximum absolute atomic E-state index is 11.3. The van der Waals surface area contributed by atoms with Gasteiger partial charge in [0.25, 0.3) is 0 Å². The van der Waals surface area contributed by atoms with Gasteiger partial charge in [0, 0.05) is 22.5 Å². The molecule has 5 heteroatoms. The Labute approximate surface area is 113 Å². The number of hydrogen-bond acceptors (Lipinski definition) is 4. The van der Waals surface area contributed by atoms with E-state index in [0.717, 1.165) is 20.9 Å². The summed E-state index contributed by atoms with van der Waals surface area (Å²) in [4.78, 5) is 15.7. The van der Waals surface area contributed by atoms with Crippen molar-refractivity contribution in [3.8, 4) is 0 Å². The maximum Gasteiger partial charge on any atom is 0.322 e. The molecule has 0 saturated heterocycles. The fourth-order valence-corrected chi connectivity index (χ4v) is 2.28. The van der Waals surface area contributed by atoms with Gasteiger partial charge in [0.2, 0.25) is 0 Å². The van der Waals surface area contributed by atoms with Gasteiger partial charge in [0.15, 0.2) is 0 Å². The van der Waals surface area contributed by atoms with E-state index in [4.69, 9.17) is 5.73 Å². The molecule has 0 radical (unpaired) electrons. The summed E-state index contributed by atoms with van der Waals surface area (Å²) in [6.45, 7) is 0. The van der Waals surface area contributed by atoms with Crippen LogP contribution in [0.5, 0.6) is 0 Å². The van der Waals surface area contributed by atoms with Crippen molar-refractivity contribution in [1.29, 1.82) is 0 Å². The zero-order valence-electron chi connectivity index (χ0n) is 9.89. The van der Waals surface area contributed by atoms with E-state index in [1.807, 2.05) is 24.3 Å². The van der Waals surface area contributed by atoms with Crippen LogP contribution in [0.15, 0.2) is 34.9 Å². The van der Waals surface area contributed by atoms with Crippen molar-refractivity contribution in [2.45, 2.75) is 12.5 Å². The molecule has 2 aromatic rings. The molecule has 94 valence electrons. The molecule has 0 amide bonds. The lowest BCUT2D eigenvalue weighted by atomic mass is 10.0. The predicted octanol–water partition coefficient (Wildman–Crippen LogP) is 2.04. The molecule has 0 aliphatic rings. The number of hydrogen-bond donors (Lipinski definition) is 1. The number of carbonyl (C=O) groups is 1. The average molecular weight is 309 g/mol. The van der Waals surface area contributed by atoms with E-state index >= 15 is 0 Å². The molecule has 2 rings (SSSR count). The van der Waals surface area contributed by atoms with Gasteiger partial charge in [-0.15, -0.1) is 0 Å². The lowest BCUT2D eigenvalue weighted by molar-refractivity contribution is -0.142. The number of aromatic nitrogens is 1. The number of rotatable bonds is 3. The van der Waals surface area contributed by atoms with E-state index in [1.165, 1.54) is 7.11 Å². The zero-order valence-corrected chi connectivity index (χ0v) is 11.5. The van der Waals surface area contributed by atoms with E-state index in [9.17, 15) is 4.79 Å². The summed E-state index contributed by atoms with van der Waals surface area (Å²) in [7, 11) is 1.33. The monoisotopic (exact) mass is 308 g/mol. The normalized spacial score (nSPS) is 12.4. The SMILES string of the molecule is COC(=O)[C@@H](N)Cc1ccc(Br)c2cccnc12. The summed E-state index contributed by atoms with van der Waals surface area (Å²) < 4.78 is 5.60. The van der Waals surface area contributed by atoms with Gasteiger partial charge in [0.05, 0.1) is 12.6 Å². The van der Waals surface area contributed by atoms with Crippen LogP contribution in [0.3, 0.4) is 0 Å². The number of pyridine rings is 1. The minimum absolute atomic E-state index is 0.410. The lowest BCUT2D eigenvalue weighted by Gasteiger charge is -2.11. The largest absolute Gasteiger partial charge is 0.468 e. The third-order valence-corrected chi connectivity index (χ3v) is 3.44. The molecule has 0 unspecified atom stereocenters. The Kier molecular flexibility index (Phi) is 3.93. The molecule has 4 nitrogen and oxygen atoms in total. The summed E-state index contributed by atoms with van der Waals surface area (Å²) >= 11 is 3.48. The Morgan fingerprint density at radius 1 is 1.50 bits per heavy atom. The van der Waals surface area contributed by atoms with Crippen LogP contribution in [0.1, 0.15) is 5.56 Å². The van der Waals surface area contributed by atoms with Crippen molar-refractivity contribution < 1.29 is 9.53 Å². The fourth-order valence-electron chi connectivity index (χ4n) is 1.83. The van der Waals surface area contributed by atoms with Crippen molar-refractivity contribution in [2.75, 3.05) is 7.11 Å². The number of nitrogens with two attached hydrogens (primary N) is 1. The van der Waals surface area contributed by atoms with Crippen LogP contribution in [-0.4, -0.2) is 24.1 Å². The topological polar surface area (TPSA) is 65.2 Å². The third kappa shape index (κ3) is 2.52. The number of nitrogens with zero attached hydrogens (tertiary/aromatic N) is 1. The molecule has 0 aliphatic carbocycles. The fraction of sp³-hybridized carbons (Fsp3) is 0.231. The first kappa shape index (κ1) is 13.0. The number of methoxy groups -OCH3 is 1. The van der Waals surface area contributed by atoms with Gasteiger partial charge in [-0.25, -0.2) is 0 Å².